The summed E-state index contributed by atoms with van der Waals surface area (Å²) in [5.74, 6) is -0.706. The molecule has 0 spiro atoms. The van der Waals surface area contributed by atoms with Crippen molar-refractivity contribution in [2.45, 2.75) is 13.5 Å². The van der Waals surface area contributed by atoms with Crippen LogP contribution in [0, 0.1) is 6.92 Å². The van der Waals surface area contributed by atoms with E-state index in [4.69, 9.17) is 33.4 Å². The molecule has 3 rings (SSSR count). The van der Waals surface area contributed by atoms with Crippen LogP contribution in [0.25, 0.3) is 11.0 Å². The molecule has 1 aromatic carbocycles. The number of hydrogen-bond donors (Lipinski definition) is 2. The number of hydrogen-bond acceptors (Lipinski definition) is 5. The molecule has 0 radical (unpaired) electrons. The minimum Gasteiger partial charge on any atom is -0.436 e. The zero-order valence-electron chi connectivity index (χ0n) is 13.1. The van der Waals surface area contributed by atoms with Gasteiger partial charge in [0.05, 0.1) is 28.0 Å². The van der Waals surface area contributed by atoms with Crippen molar-refractivity contribution in [3.63, 3.8) is 0 Å². The molecule has 0 atom stereocenters. The van der Waals surface area contributed by atoms with Gasteiger partial charge in [-0.05, 0) is 31.2 Å². The first-order valence-electron chi connectivity index (χ1n) is 7.23. The van der Waals surface area contributed by atoms with Crippen molar-refractivity contribution in [1.82, 2.24) is 4.98 Å². The van der Waals surface area contributed by atoms with Crippen molar-refractivity contribution < 1.29 is 14.3 Å². The van der Waals surface area contributed by atoms with Crippen LogP contribution >= 0.6 is 23.2 Å². The smallest absolute Gasteiger partial charge is 0.254 e. The summed E-state index contributed by atoms with van der Waals surface area (Å²) in [5.41, 5.74) is 7.54. The maximum atomic E-state index is 11.8. The second-order valence-corrected chi connectivity index (χ2v) is 6.12. The van der Waals surface area contributed by atoms with Crippen molar-refractivity contribution >= 4 is 45.8 Å². The number of aryl methyl sites for hydroxylation is 1. The molecule has 0 aliphatic heterocycles. The van der Waals surface area contributed by atoms with E-state index in [1.807, 2.05) is 0 Å². The summed E-state index contributed by atoms with van der Waals surface area (Å²) < 4.78 is 5.78. The second kappa shape index (κ2) is 6.84. The highest BCUT2D eigenvalue weighted by molar-refractivity contribution is 6.42. The number of rotatable bonds is 3. The van der Waals surface area contributed by atoms with Gasteiger partial charge in [-0.2, -0.15) is 0 Å². The number of primary amides is 1. The van der Waals surface area contributed by atoms with E-state index in [2.05, 4.69) is 9.98 Å². The van der Waals surface area contributed by atoms with Crippen molar-refractivity contribution in [3.05, 3.63) is 62.9 Å². The summed E-state index contributed by atoms with van der Waals surface area (Å²) in [6.45, 7) is 1.50. The minimum atomic E-state index is -0.706. The Kier molecular flexibility index (Phi) is 4.76. The zero-order chi connectivity index (χ0) is 18.1. The predicted octanol–water partition coefficient (Wildman–Crippen LogP) is 3.27. The van der Waals surface area contributed by atoms with E-state index >= 15 is 0 Å². The number of benzene rings is 1. The van der Waals surface area contributed by atoms with Crippen LogP contribution in [-0.2, 0) is 6.61 Å². The van der Waals surface area contributed by atoms with Gasteiger partial charge in [0.15, 0.2) is 5.58 Å². The standard InChI is InChI=1S/C17H13Cl2N3O3/c1-8-15-11(9(7-23)6-21-8)5-12(16(20)24)17(25-15)22-10-2-3-13(18)14(19)4-10/h2-6,23H,7H2,1H3,(H2,20,24). The Hall–Kier alpha value is -2.41. The number of carbonyl (C=O) groups excluding carboxylic acids is 1. The highest BCUT2D eigenvalue weighted by Crippen LogP contribution is 2.27. The SMILES string of the molecule is Cc1ncc(CO)c2cc(C(N)=O)c(=Nc3ccc(Cl)c(Cl)c3)oc12. The molecule has 6 nitrogen and oxygen atoms in total. The summed E-state index contributed by atoms with van der Waals surface area (Å²) in [6.07, 6.45) is 1.52. The lowest BCUT2D eigenvalue weighted by molar-refractivity contribution is 0.0996. The van der Waals surface area contributed by atoms with Crippen molar-refractivity contribution in [3.8, 4) is 0 Å². The second-order valence-electron chi connectivity index (χ2n) is 5.31. The van der Waals surface area contributed by atoms with Gasteiger partial charge >= 0.3 is 0 Å². The number of carbonyl (C=O) groups is 1. The van der Waals surface area contributed by atoms with Gasteiger partial charge in [-0.15, -0.1) is 0 Å². The summed E-state index contributed by atoms with van der Waals surface area (Å²) in [6, 6.07) is 6.31. The highest BCUT2D eigenvalue weighted by Gasteiger charge is 2.14. The molecule has 1 amide bonds. The number of halogens is 2. The molecule has 0 aliphatic rings. The number of nitrogens with two attached hydrogens (primary N) is 1. The molecule has 2 aromatic heterocycles. The number of aliphatic hydroxyl groups is 1. The average molecular weight is 378 g/mol. The molecular weight excluding hydrogens is 365 g/mol. The van der Waals surface area contributed by atoms with Crippen LogP contribution in [-0.4, -0.2) is 16.0 Å². The number of nitrogens with zero attached hydrogens (tertiary/aromatic N) is 2. The molecule has 2 heterocycles. The average Bonchev–Trinajstić information content (AvgIpc) is 2.58. The molecule has 0 fully saturated rings. The van der Waals surface area contributed by atoms with Crippen LogP contribution in [0.4, 0.5) is 5.69 Å². The van der Waals surface area contributed by atoms with E-state index in [0.29, 0.717) is 38.0 Å². The lowest BCUT2D eigenvalue weighted by Gasteiger charge is -2.07. The van der Waals surface area contributed by atoms with Crippen molar-refractivity contribution in [2.24, 2.45) is 10.7 Å². The van der Waals surface area contributed by atoms with E-state index in [9.17, 15) is 9.90 Å². The van der Waals surface area contributed by atoms with Gasteiger partial charge < -0.3 is 15.3 Å². The molecule has 0 saturated carbocycles. The fourth-order valence-electron chi connectivity index (χ4n) is 2.35. The molecule has 128 valence electrons. The van der Waals surface area contributed by atoms with Gasteiger partial charge in [0.2, 0.25) is 5.55 Å². The first-order chi connectivity index (χ1) is 11.9. The molecular formula is C17H13Cl2N3O3. The predicted molar refractivity (Wildman–Crippen MR) is 94.9 cm³/mol. The number of pyridine rings is 1. The Labute approximate surface area is 152 Å². The lowest BCUT2D eigenvalue weighted by atomic mass is 10.1. The third-order valence-corrected chi connectivity index (χ3v) is 4.36. The van der Waals surface area contributed by atoms with Crippen LogP contribution in [0.2, 0.25) is 10.0 Å². The molecule has 0 saturated heterocycles. The van der Waals surface area contributed by atoms with E-state index in [0.717, 1.165) is 0 Å². The van der Waals surface area contributed by atoms with Gasteiger partial charge in [-0.3, -0.25) is 9.78 Å². The van der Waals surface area contributed by atoms with Crippen LogP contribution in [0.5, 0.6) is 0 Å². The Morgan fingerprint density at radius 3 is 2.72 bits per heavy atom. The maximum absolute atomic E-state index is 11.8. The van der Waals surface area contributed by atoms with E-state index in [1.54, 1.807) is 25.1 Å². The maximum Gasteiger partial charge on any atom is 0.254 e. The van der Waals surface area contributed by atoms with E-state index < -0.39 is 5.91 Å². The number of amides is 1. The van der Waals surface area contributed by atoms with Gasteiger partial charge in [0, 0.05) is 17.1 Å². The molecule has 0 unspecified atom stereocenters. The highest BCUT2D eigenvalue weighted by atomic mass is 35.5. The molecule has 25 heavy (non-hydrogen) atoms. The molecule has 8 heteroatoms. The molecule has 3 aromatic rings. The van der Waals surface area contributed by atoms with Gasteiger partial charge in [0.1, 0.15) is 5.56 Å². The third-order valence-electron chi connectivity index (χ3n) is 3.62. The Morgan fingerprint density at radius 2 is 2.08 bits per heavy atom. The summed E-state index contributed by atoms with van der Waals surface area (Å²) >= 11 is 11.9. The van der Waals surface area contributed by atoms with Crippen LogP contribution in [0.1, 0.15) is 21.6 Å². The Bertz CT molecular complexity index is 1060. The zero-order valence-corrected chi connectivity index (χ0v) is 14.6. The quantitative estimate of drug-likeness (QED) is 0.730. The monoisotopic (exact) mass is 377 g/mol. The first-order valence-corrected chi connectivity index (χ1v) is 7.99. The van der Waals surface area contributed by atoms with Crippen LogP contribution in [0.15, 0.2) is 39.9 Å². The Morgan fingerprint density at radius 1 is 1.32 bits per heavy atom. The molecule has 3 N–H and O–H groups in total. The lowest BCUT2D eigenvalue weighted by Crippen LogP contribution is -2.22. The minimum absolute atomic E-state index is 0.0263. The van der Waals surface area contributed by atoms with Gasteiger partial charge in [0.25, 0.3) is 5.91 Å². The third kappa shape index (κ3) is 3.37. The largest absolute Gasteiger partial charge is 0.436 e. The van der Waals surface area contributed by atoms with E-state index in [1.165, 1.54) is 12.3 Å². The molecule has 0 aliphatic carbocycles. The first kappa shape index (κ1) is 17.4. The number of aliphatic hydroxyl groups excluding tert-OH is 1. The Balaban J connectivity index is 2.35. The topological polar surface area (TPSA) is 102 Å². The summed E-state index contributed by atoms with van der Waals surface area (Å²) in [5, 5.41) is 10.7. The number of fused-ring (bicyclic) bond motifs is 1. The summed E-state index contributed by atoms with van der Waals surface area (Å²) in [7, 11) is 0. The fraction of sp³-hybridized carbons (Fsp3) is 0.118. The van der Waals surface area contributed by atoms with Crippen molar-refractivity contribution in [1.29, 1.82) is 0 Å². The van der Waals surface area contributed by atoms with Gasteiger partial charge in [-0.1, -0.05) is 23.2 Å². The van der Waals surface area contributed by atoms with E-state index in [-0.39, 0.29) is 17.7 Å². The summed E-state index contributed by atoms with van der Waals surface area (Å²) in [4.78, 5) is 20.3. The van der Waals surface area contributed by atoms with Crippen LogP contribution < -0.4 is 11.3 Å². The molecule has 0 bridgehead atoms. The number of aromatic nitrogens is 1. The van der Waals surface area contributed by atoms with Crippen LogP contribution in [0.3, 0.4) is 0 Å². The normalized spacial score (nSPS) is 11.9. The van der Waals surface area contributed by atoms with Crippen molar-refractivity contribution in [2.75, 3.05) is 0 Å². The fourth-order valence-corrected chi connectivity index (χ4v) is 2.64. The van der Waals surface area contributed by atoms with Gasteiger partial charge in [-0.25, -0.2) is 4.99 Å².